The van der Waals surface area contributed by atoms with E-state index in [9.17, 15) is 14.4 Å². The number of carbonyl (C=O) groups is 2. The average molecular weight is 377 g/mol. The maximum atomic E-state index is 12.8. The van der Waals surface area contributed by atoms with Crippen LogP contribution in [0.5, 0.6) is 0 Å². The summed E-state index contributed by atoms with van der Waals surface area (Å²) in [5.74, 6) is -0.647. The predicted octanol–water partition coefficient (Wildman–Crippen LogP) is 2.37. The Labute approximate surface area is 155 Å². The maximum absolute atomic E-state index is 12.8. The third kappa shape index (κ3) is 4.01. The summed E-state index contributed by atoms with van der Waals surface area (Å²) in [6.07, 6.45) is 1.35. The summed E-state index contributed by atoms with van der Waals surface area (Å²) in [4.78, 5) is 44.0. The number of likely N-dealkylation sites (N-methyl/N-ethyl adjacent to an activating group) is 1. The highest BCUT2D eigenvalue weighted by Crippen LogP contribution is 2.27. The van der Waals surface area contributed by atoms with Gasteiger partial charge in [0.05, 0.1) is 18.3 Å². The van der Waals surface area contributed by atoms with E-state index in [0.29, 0.717) is 33.7 Å². The first-order valence-corrected chi connectivity index (χ1v) is 9.19. The Morgan fingerprint density at radius 3 is 2.65 bits per heavy atom. The lowest BCUT2D eigenvalue weighted by Gasteiger charge is -2.21. The van der Waals surface area contributed by atoms with Gasteiger partial charge in [0.25, 0.3) is 5.56 Å². The molecule has 2 rings (SSSR count). The molecule has 140 valence electrons. The molecule has 0 fully saturated rings. The molecule has 0 bridgehead atoms. The molecule has 0 N–H and O–H groups in total. The molecule has 1 amide bonds. The van der Waals surface area contributed by atoms with Crippen molar-refractivity contribution >= 4 is 33.4 Å². The number of hydrogen-bond acceptors (Lipinski definition) is 6. The summed E-state index contributed by atoms with van der Waals surface area (Å²) in [6.45, 7) is 12.1. The van der Waals surface area contributed by atoms with Gasteiger partial charge in [-0.15, -0.1) is 11.3 Å². The minimum absolute atomic E-state index is 0.104. The number of hydrogen-bond donors (Lipinski definition) is 0. The van der Waals surface area contributed by atoms with Crippen molar-refractivity contribution in [1.82, 2.24) is 14.5 Å². The van der Waals surface area contributed by atoms with Crippen molar-refractivity contribution in [3.05, 3.63) is 39.3 Å². The molecule has 0 radical (unpaired) electrons. The Kier molecular flexibility index (Phi) is 6.31. The Bertz CT molecular complexity index is 913. The van der Waals surface area contributed by atoms with Crippen LogP contribution in [-0.2, 0) is 16.1 Å². The number of aromatic nitrogens is 2. The number of thiophene rings is 1. The third-order valence-corrected chi connectivity index (χ3v) is 5.06. The molecule has 0 saturated carbocycles. The van der Waals surface area contributed by atoms with E-state index in [2.05, 4.69) is 11.6 Å². The molecule has 26 heavy (non-hydrogen) atoms. The molecule has 0 aliphatic rings. The zero-order valence-corrected chi connectivity index (χ0v) is 16.3. The highest BCUT2D eigenvalue weighted by atomic mass is 32.1. The first kappa shape index (κ1) is 19.8. The summed E-state index contributed by atoms with van der Waals surface area (Å²) in [6, 6.07) is 0. The molecule has 0 atom stereocenters. The Morgan fingerprint density at radius 2 is 2.08 bits per heavy atom. The third-order valence-electron chi connectivity index (χ3n) is 3.88. The zero-order chi connectivity index (χ0) is 19.4. The number of fused-ring (bicyclic) bond motifs is 1. The SMILES string of the molecule is C=C(C)CN(CC)C(=O)Cn1cnc2sc(C(=O)OCC)c(C)c2c1=O. The van der Waals surface area contributed by atoms with Crippen molar-refractivity contribution in [2.24, 2.45) is 0 Å². The fraction of sp³-hybridized carbons (Fsp3) is 0.444. The molecular formula is C18H23N3O4S. The summed E-state index contributed by atoms with van der Waals surface area (Å²) in [5, 5.41) is 0.358. The largest absolute Gasteiger partial charge is 0.462 e. The van der Waals surface area contributed by atoms with Crippen LogP contribution in [0.2, 0.25) is 0 Å². The highest BCUT2D eigenvalue weighted by Gasteiger charge is 2.21. The van der Waals surface area contributed by atoms with Gasteiger partial charge in [0, 0.05) is 13.1 Å². The van der Waals surface area contributed by atoms with Gasteiger partial charge in [-0.3, -0.25) is 14.2 Å². The van der Waals surface area contributed by atoms with Gasteiger partial charge >= 0.3 is 5.97 Å². The van der Waals surface area contributed by atoms with E-state index in [1.807, 2.05) is 13.8 Å². The fourth-order valence-corrected chi connectivity index (χ4v) is 3.64. The van der Waals surface area contributed by atoms with Gasteiger partial charge in [-0.25, -0.2) is 9.78 Å². The summed E-state index contributed by atoms with van der Waals surface area (Å²) < 4.78 is 6.30. The minimum atomic E-state index is -0.464. The number of amides is 1. The highest BCUT2D eigenvalue weighted by molar-refractivity contribution is 7.20. The second-order valence-corrected chi connectivity index (χ2v) is 7.00. The van der Waals surface area contributed by atoms with Crippen LogP contribution in [-0.4, -0.2) is 46.0 Å². The van der Waals surface area contributed by atoms with Gasteiger partial charge in [0.2, 0.25) is 5.91 Å². The van der Waals surface area contributed by atoms with Crippen molar-refractivity contribution < 1.29 is 14.3 Å². The van der Waals surface area contributed by atoms with Crippen LogP contribution in [0, 0.1) is 6.92 Å². The quantitative estimate of drug-likeness (QED) is 0.546. The van der Waals surface area contributed by atoms with Gasteiger partial charge < -0.3 is 9.64 Å². The average Bonchev–Trinajstić information content (AvgIpc) is 2.92. The normalized spacial score (nSPS) is 10.8. The molecule has 0 aliphatic carbocycles. The second-order valence-electron chi connectivity index (χ2n) is 6.00. The Balaban J connectivity index is 2.38. The fourth-order valence-electron chi connectivity index (χ4n) is 2.61. The standard InChI is InChI=1S/C18H23N3O4S/c1-6-20(8-11(3)4)13(22)9-21-10-19-16-14(17(21)23)12(5)15(26-16)18(24)25-7-2/h10H,3,6-9H2,1-2,4-5H3. The molecule has 2 aromatic heterocycles. The van der Waals surface area contributed by atoms with E-state index in [1.54, 1.807) is 18.7 Å². The van der Waals surface area contributed by atoms with Crippen LogP contribution in [0.25, 0.3) is 10.2 Å². The smallest absolute Gasteiger partial charge is 0.348 e. The number of aryl methyl sites for hydroxylation is 1. The summed E-state index contributed by atoms with van der Waals surface area (Å²) >= 11 is 1.13. The number of carbonyl (C=O) groups excluding carboxylic acids is 2. The van der Waals surface area contributed by atoms with Crippen LogP contribution in [0.1, 0.15) is 36.0 Å². The van der Waals surface area contributed by atoms with E-state index in [-0.39, 0.29) is 24.6 Å². The van der Waals surface area contributed by atoms with Gasteiger partial charge in [-0.1, -0.05) is 12.2 Å². The zero-order valence-electron chi connectivity index (χ0n) is 15.5. The van der Waals surface area contributed by atoms with Gasteiger partial charge in [0.15, 0.2) is 0 Å². The van der Waals surface area contributed by atoms with Crippen molar-refractivity contribution in [3.8, 4) is 0 Å². The minimum Gasteiger partial charge on any atom is -0.462 e. The van der Waals surface area contributed by atoms with Crippen LogP contribution in [0.15, 0.2) is 23.3 Å². The number of rotatable bonds is 7. The molecule has 0 spiro atoms. The maximum Gasteiger partial charge on any atom is 0.348 e. The van der Waals surface area contributed by atoms with Gasteiger partial charge in [0.1, 0.15) is 16.3 Å². The molecule has 0 saturated heterocycles. The van der Waals surface area contributed by atoms with Gasteiger partial charge in [-0.05, 0) is 33.3 Å². The Hall–Kier alpha value is -2.48. The first-order chi connectivity index (χ1) is 12.3. The van der Waals surface area contributed by atoms with Crippen molar-refractivity contribution in [3.63, 3.8) is 0 Å². The van der Waals surface area contributed by atoms with Crippen LogP contribution in [0.3, 0.4) is 0 Å². The molecule has 2 heterocycles. The van der Waals surface area contributed by atoms with E-state index in [1.165, 1.54) is 10.9 Å². The molecule has 0 aromatic carbocycles. The predicted molar refractivity (Wildman–Crippen MR) is 102 cm³/mol. The van der Waals surface area contributed by atoms with Crippen molar-refractivity contribution in [1.29, 1.82) is 0 Å². The van der Waals surface area contributed by atoms with Gasteiger partial charge in [-0.2, -0.15) is 0 Å². The van der Waals surface area contributed by atoms with E-state index < -0.39 is 5.97 Å². The monoisotopic (exact) mass is 377 g/mol. The lowest BCUT2D eigenvalue weighted by molar-refractivity contribution is -0.131. The number of esters is 1. The molecule has 8 heteroatoms. The molecule has 0 unspecified atom stereocenters. The van der Waals surface area contributed by atoms with Crippen LogP contribution >= 0.6 is 11.3 Å². The lowest BCUT2D eigenvalue weighted by Crippen LogP contribution is -2.37. The summed E-state index contributed by atoms with van der Waals surface area (Å²) in [5.41, 5.74) is 1.07. The van der Waals surface area contributed by atoms with Crippen LogP contribution < -0.4 is 5.56 Å². The van der Waals surface area contributed by atoms with Crippen LogP contribution in [0.4, 0.5) is 0 Å². The Morgan fingerprint density at radius 1 is 1.38 bits per heavy atom. The number of ether oxygens (including phenoxy) is 1. The van der Waals surface area contributed by atoms with E-state index in [4.69, 9.17) is 4.74 Å². The van der Waals surface area contributed by atoms with E-state index in [0.717, 1.165) is 16.9 Å². The summed E-state index contributed by atoms with van der Waals surface area (Å²) in [7, 11) is 0. The molecular weight excluding hydrogens is 354 g/mol. The lowest BCUT2D eigenvalue weighted by atomic mass is 10.2. The van der Waals surface area contributed by atoms with E-state index >= 15 is 0 Å². The first-order valence-electron chi connectivity index (χ1n) is 8.37. The molecule has 7 nitrogen and oxygen atoms in total. The second kappa shape index (κ2) is 8.27. The molecule has 2 aromatic rings. The topological polar surface area (TPSA) is 81.5 Å². The number of nitrogens with zero attached hydrogens (tertiary/aromatic N) is 3. The molecule has 0 aliphatic heterocycles. The van der Waals surface area contributed by atoms with Crippen molar-refractivity contribution in [2.75, 3.05) is 19.7 Å². The van der Waals surface area contributed by atoms with Crippen molar-refractivity contribution in [2.45, 2.75) is 34.2 Å².